The minimum Gasteiger partial charge on any atom is -0.376 e. The molecule has 0 spiro atoms. The molecule has 0 bridgehead atoms. The fourth-order valence-corrected chi connectivity index (χ4v) is 2.25. The molecule has 2 nitrogen and oxygen atoms in total. The second kappa shape index (κ2) is 5.79. The van der Waals surface area contributed by atoms with Crippen LogP contribution in [0.25, 0.3) is 0 Å². The molecule has 0 radical (unpaired) electrons. The molecule has 17 heavy (non-hydrogen) atoms. The smallest absolute Gasteiger partial charge is 0.130 e. The first-order chi connectivity index (χ1) is 8.29. The van der Waals surface area contributed by atoms with E-state index in [2.05, 4.69) is 0 Å². The largest absolute Gasteiger partial charge is 0.376 e. The van der Waals surface area contributed by atoms with Crippen molar-refractivity contribution in [1.29, 1.82) is 5.26 Å². The third-order valence-corrected chi connectivity index (χ3v) is 3.27. The molecule has 0 N–H and O–H groups in total. The number of benzene rings is 1. The van der Waals surface area contributed by atoms with Gasteiger partial charge in [-0.1, -0.05) is 18.9 Å². The zero-order valence-corrected chi connectivity index (χ0v) is 9.79. The van der Waals surface area contributed by atoms with E-state index < -0.39 is 0 Å². The van der Waals surface area contributed by atoms with Gasteiger partial charge in [-0.3, -0.25) is 0 Å². The summed E-state index contributed by atoms with van der Waals surface area (Å²) < 4.78 is 19.0. The molecule has 0 heterocycles. The number of nitriles is 1. The van der Waals surface area contributed by atoms with Gasteiger partial charge in [-0.2, -0.15) is 5.26 Å². The van der Waals surface area contributed by atoms with Crippen molar-refractivity contribution in [1.82, 2.24) is 0 Å². The van der Waals surface area contributed by atoms with Gasteiger partial charge in [-0.05, 0) is 30.9 Å². The Bertz CT molecular complexity index is 419. The lowest BCUT2D eigenvalue weighted by atomic mass is 10.1. The first-order valence-corrected chi connectivity index (χ1v) is 6.06. The zero-order valence-electron chi connectivity index (χ0n) is 9.79. The monoisotopic (exact) mass is 233 g/mol. The van der Waals surface area contributed by atoms with E-state index in [-0.39, 0.29) is 5.82 Å². The molecule has 0 atom stereocenters. The SMILES string of the molecule is N#Cc1ccc(COCC2CCCC2)c(F)c1. The van der Waals surface area contributed by atoms with E-state index in [0.717, 1.165) is 6.61 Å². The average molecular weight is 233 g/mol. The fraction of sp³-hybridized carbons (Fsp3) is 0.500. The van der Waals surface area contributed by atoms with Crippen molar-refractivity contribution in [2.75, 3.05) is 6.61 Å². The first kappa shape index (κ1) is 12.1. The molecule has 0 saturated heterocycles. The molecular formula is C14H16FNO. The summed E-state index contributed by atoms with van der Waals surface area (Å²) in [6.45, 7) is 1.02. The molecule has 90 valence electrons. The maximum Gasteiger partial charge on any atom is 0.130 e. The van der Waals surface area contributed by atoms with Crippen molar-refractivity contribution in [3.8, 4) is 6.07 Å². The Kier molecular flexibility index (Phi) is 4.11. The average Bonchev–Trinajstić information content (AvgIpc) is 2.84. The summed E-state index contributed by atoms with van der Waals surface area (Å²) in [5.74, 6) is 0.298. The second-order valence-corrected chi connectivity index (χ2v) is 4.58. The van der Waals surface area contributed by atoms with Gasteiger partial charge in [-0.25, -0.2) is 4.39 Å². The van der Waals surface area contributed by atoms with E-state index in [1.807, 2.05) is 6.07 Å². The van der Waals surface area contributed by atoms with Crippen molar-refractivity contribution < 1.29 is 9.13 Å². The summed E-state index contributed by atoms with van der Waals surface area (Å²) in [7, 11) is 0. The Hall–Kier alpha value is -1.40. The van der Waals surface area contributed by atoms with E-state index in [1.54, 1.807) is 12.1 Å². The molecule has 0 amide bonds. The van der Waals surface area contributed by atoms with E-state index in [1.165, 1.54) is 31.7 Å². The number of ether oxygens (including phenoxy) is 1. The maximum absolute atomic E-state index is 13.5. The van der Waals surface area contributed by atoms with E-state index in [0.29, 0.717) is 23.7 Å². The van der Waals surface area contributed by atoms with Crippen LogP contribution < -0.4 is 0 Å². The van der Waals surface area contributed by atoms with E-state index in [4.69, 9.17) is 10.00 Å². The second-order valence-electron chi connectivity index (χ2n) is 4.58. The highest BCUT2D eigenvalue weighted by molar-refractivity contribution is 5.32. The third-order valence-electron chi connectivity index (χ3n) is 3.27. The highest BCUT2D eigenvalue weighted by Gasteiger charge is 2.15. The number of hydrogen-bond acceptors (Lipinski definition) is 2. The van der Waals surface area contributed by atoms with Crippen molar-refractivity contribution in [2.24, 2.45) is 5.92 Å². The molecule has 1 saturated carbocycles. The fourth-order valence-electron chi connectivity index (χ4n) is 2.25. The van der Waals surface area contributed by atoms with Crippen LogP contribution in [0.2, 0.25) is 0 Å². The molecule has 0 unspecified atom stereocenters. The molecule has 1 aromatic carbocycles. The lowest BCUT2D eigenvalue weighted by Crippen LogP contribution is -2.06. The summed E-state index contributed by atoms with van der Waals surface area (Å²) in [6, 6.07) is 6.42. The molecular weight excluding hydrogens is 217 g/mol. The molecule has 1 aromatic rings. The van der Waals surface area contributed by atoms with Gasteiger partial charge in [0, 0.05) is 12.2 Å². The standard InChI is InChI=1S/C14H16FNO/c15-14-7-12(8-16)5-6-13(14)10-17-9-11-3-1-2-4-11/h5-7,11H,1-4,9-10H2. The number of rotatable bonds is 4. The minimum atomic E-state index is -0.351. The van der Waals surface area contributed by atoms with Crippen molar-refractivity contribution in [3.63, 3.8) is 0 Å². The minimum absolute atomic E-state index is 0.300. The Labute approximate surface area is 101 Å². The van der Waals surface area contributed by atoms with Crippen LogP contribution in [-0.2, 0) is 11.3 Å². The van der Waals surface area contributed by atoms with E-state index in [9.17, 15) is 4.39 Å². The van der Waals surface area contributed by atoms with Gasteiger partial charge in [0.1, 0.15) is 5.82 Å². The zero-order chi connectivity index (χ0) is 12.1. The Morgan fingerprint density at radius 2 is 2.12 bits per heavy atom. The molecule has 3 heteroatoms. The van der Waals surface area contributed by atoms with Crippen LogP contribution in [-0.4, -0.2) is 6.61 Å². The Balaban J connectivity index is 1.84. The number of halogens is 1. The predicted molar refractivity (Wildman–Crippen MR) is 62.7 cm³/mol. The molecule has 1 aliphatic carbocycles. The molecule has 0 aliphatic heterocycles. The van der Waals surface area contributed by atoms with Gasteiger partial charge in [0.05, 0.1) is 18.2 Å². The van der Waals surface area contributed by atoms with Crippen LogP contribution in [0, 0.1) is 23.1 Å². The summed E-state index contributed by atoms with van der Waals surface area (Å²) in [5, 5.41) is 8.62. The maximum atomic E-state index is 13.5. The van der Waals surface area contributed by atoms with Crippen LogP contribution in [0.3, 0.4) is 0 Å². The van der Waals surface area contributed by atoms with Crippen molar-refractivity contribution in [2.45, 2.75) is 32.3 Å². The van der Waals surface area contributed by atoms with Gasteiger partial charge < -0.3 is 4.74 Å². The van der Waals surface area contributed by atoms with Crippen molar-refractivity contribution >= 4 is 0 Å². The summed E-state index contributed by atoms with van der Waals surface area (Å²) >= 11 is 0. The summed E-state index contributed by atoms with van der Waals surface area (Å²) in [6.07, 6.45) is 5.05. The summed E-state index contributed by atoms with van der Waals surface area (Å²) in [4.78, 5) is 0. The highest BCUT2D eigenvalue weighted by atomic mass is 19.1. The van der Waals surface area contributed by atoms with E-state index >= 15 is 0 Å². The third kappa shape index (κ3) is 3.28. The topological polar surface area (TPSA) is 33.0 Å². The van der Waals surface area contributed by atoms with Crippen LogP contribution in [0.5, 0.6) is 0 Å². The van der Waals surface area contributed by atoms with Gasteiger partial charge in [0.2, 0.25) is 0 Å². The molecule has 0 aromatic heterocycles. The van der Waals surface area contributed by atoms with Crippen LogP contribution in [0.1, 0.15) is 36.8 Å². The molecule has 2 rings (SSSR count). The van der Waals surface area contributed by atoms with Crippen LogP contribution in [0.15, 0.2) is 18.2 Å². The molecule has 1 aliphatic rings. The lowest BCUT2D eigenvalue weighted by Gasteiger charge is -2.10. The Morgan fingerprint density at radius 1 is 1.35 bits per heavy atom. The van der Waals surface area contributed by atoms with Crippen LogP contribution in [0.4, 0.5) is 4.39 Å². The van der Waals surface area contributed by atoms with Gasteiger partial charge >= 0.3 is 0 Å². The van der Waals surface area contributed by atoms with Crippen LogP contribution >= 0.6 is 0 Å². The predicted octanol–water partition coefficient (Wildman–Crippen LogP) is 3.40. The summed E-state index contributed by atoms with van der Waals surface area (Å²) in [5.41, 5.74) is 0.879. The number of hydrogen-bond donors (Lipinski definition) is 0. The number of nitrogens with zero attached hydrogens (tertiary/aromatic N) is 1. The highest BCUT2D eigenvalue weighted by Crippen LogP contribution is 2.25. The first-order valence-electron chi connectivity index (χ1n) is 6.06. The lowest BCUT2D eigenvalue weighted by molar-refractivity contribution is 0.0870. The van der Waals surface area contributed by atoms with Gasteiger partial charge in [-0.15, -0.1) is 0 Å². The van der Waals surface area contributed by atoms with Gasteiger partial charge in [0.25, 0.3) is 0 Å². The van der Waals surface area contributed by atoms with Crippen molar-refractivity contribution in [3.05, 3.63) is 35.1 Å². The Morgan fingerprint density at radius 3 is 2.76 bits per heavy atom. The normalized spacial score (nSPS) is 16.0. The quantitative estimate of drug-likeness (QED) is 0.798. The van der Waals surface area contributed by atoms with Gasteiger partial charge in [0.15, 0.2) is 0 Å². The molecule has 1 fully saturated rings.